The van der Waals surface area contributed by atoms with E-state index in [-0.39, 0.29) is 24.3 Å². The van der Waals surface area contributed by atoms with E-state index in [0.29, 0.717) is 12.3 Å². The van der Waals surface area contributed by atoms with Gasteiger partial charge >= 0.3 is 0 Å². The Hall–Kier alpha value is -3.02. The number of rotatable bonds is 10. The molecule has 29 heavy (non-hydrogen) atoms. The summed E-state index contributed by atoms with van der Waals surface area (Å²) in [6, 6.07) is 13.1. The number of ether oxygens (including phenoxy) is 1. The maximum atomic E-state index is 12.3. The zero-order valence-electron chi connectivity index (χ0n) is 17.1. The molecule has 0 saturated heterocycles. The molecule has 0 aliphatic heterocycles. The van der Waals surface area contributed by atoms with Gasteiger partial charge in [-0.15, -0.1) is 0 Å². The molecule has 6 heteroatoms. The molecule has 3 rings (SSSR count). The third-order valence-corrected chi connectivity index (χ3v) is 4.86. The maximum absolute atomic E-state index is 12.3. The van der Waals surface area contributed by atoms with E-state index in [2.05, 4.69) is 22.9 Å². The zero-order chi connectivity index (χ0) is 20.6. The number of nitrogens with one attached hydrogen (secondary N) is 3. The highest BCUT2D eigenvalue weighted by atomic mass is 16.5. The van der Waals surface area contributed by atoms with Crippen molar-refractivity contribution in [2.45, 2.75) is 39.5 Å². The summed E-state index contributed by atoms with van der Waals surface area (Å²) < 4.78 is 5.68. The number of benzene rings is 2. The standard InChI is InChI=1S/C23H29N3O3/c1-3-4-13-29-19-8-5-7-18(14-19)25-22(27)15-24-20-9-6-10-21(16(20)2)26-23(28)17-11-12-17/h5-10,14,17,24H,3-4,11-13,15H2,1-2H3,(H,25,27)(H,26,28). The topological polar surface area (TPSA) is 79.5 Å². The second-order valence-corrected chi connectivity index (χ2v) is 7.37. The van der Waals surface area contributed by atoms with Gasteiger partial charge in [-0.1, -0.05) is 25.5 Å². The lowest BCUT2D eigenvalue weighted by molar-refractivity contribution is -0.117. The van der Waals surface area contributed by atoms with Crippen LogP contribution < -0.4 is 20.7 Å². The van der Waals surface area contributed by atoms with Gasteiger partial charge in [0.25, 0.3) is 0 Å². The lowest BCUT2D eigenvalue weighted by Gasteiger charge is -2.14. The van der Waals surface area contributed by atoms with Crippen molar-refractivity contribution >= 4 is 28.9 Å². The molecule has 154 valence electrons. The summed E-state index contributed by atoms with van der Waals surface area (Å²) in [5.74, 6) is 0.823. The van der Waals surface area contributed by atoms with Crippen LogP contribution in [0.2, 0.25) is 0 Å². The first-order valence-electron chi connectivity index (χ1n) is 10.2. The van der Waals surface area contributed by atoms with E-state index >= 15 is 0 Å². The van der Waals surface area contributed by atoms with Crippen LogP contribution in [0.4, 0.5) is 17.1 Å². The van der Waals surface area contributed by atoms with Crippen molar-refractivity contribution in [1.29, 1.82) is 0 Å². The van der Waals surface area contributed by atoms with E-state index in [1.807, 2.05) is 49.4 Å². The number of anilines is 3. The molecule has 2 aromatic rings. The molecule has 0 bridgehead atoms. The highest BCUT2D eigenvalue weighted by Gasteiger charge is 2.29. The summed E-state index contributed by atoms with van der Waals surface area (Å²) in [5, 5.41) is 9.01. The van der Waals surface area contributed by atoms with Crippen LogP contribution in [-0.2, 0) is 9.59 Å². The largest absolute Gasteiger partial charge is 0.494 e. The Kier molecular flexibility index (Phi) is 7.11. The van der Waals surface area contributed by atoms with Gasteiger partial charge < -0.3 is 20.7 Å². The van der Waals surface area contributed by atoms with Crippen molar-refractivity contribution in [3.8, 4) is 5.75 Å². The fraction of sp³-hybridized carbons (Fsp3) is 0.391. The summed E-state index contributed by atoms with van der Waals surface area (Å²) in [6.07, 6.45) is 4.01. The van der Waals surface area contributed by atoms with Crippen LogP contribution in [0.1, 0.15) is 38.2 Å². The molecular formula is C23H29N3O3. The Morgan fingerprint density at radius 3 is 2.59 bits per heavy atom. The predicted molar refractivity (Wildman–Crippen MR) is 116 cm³/mol. The summed E-state index contributed by atoms with van der Waals surface area (Å²) in [6.45, 7) is 4.84. The number of amides is 2. The van der Waals surface area contributed by atoms with Crippen molar-refractivity contribution < 1.29 is 14.3 Å². The number of carbonyl (C=O) groups excluding carboxylic acids is 2. The SMILES string of the molecule is CCCCOc1cccc(NC(=O)CNc2cccc(NC(=O)C3CC3)c2C)c1. The van der Waals surface area contributed by atoms with Gasteiger partial charge in [0.1, 0.15) is 5.75 Å². The van der Waals surface area contributed by atoms with Crippen LogP contribution in [0, 0.1) is 12.8 Å². The third-order valence-electron chi connectivity index (χ3n) is 4.86. The lowest BCUT2D eigenvalue weighted by atomic mass is 10.1. The molecule has 2 aromatic carbocycles. The summed E-state index contributed by atoms with van der Waals surface area (Å²) in [5.41, 5.74) is 3.23. The molecule has 3 N–H and O–H groups in total. The number of unbranched alkanes of at least 4 members (excludes halogenated alkanes) is 1. The summed E-state index contributed by atoms with van der Waals surface area (Å²) in [7, 11) is 0. The fourth-order valence-corrected chi connectivity index (χ4v) is 2.92. The normalized spacial score (nSPS) is 12.9. The van der Waals surface area contributed by atoms with Crippen LogP contribution in [-0.4, -0.2) is 25.0 Å². The fourth-order valence-electron chi connectivity index (χ4n) is 2.92. The van der Waals surface area contributed by atoms with Gasteiger partial charge in [0.05, 0.1) is 13.2 Å². The molecule has 1 fully saturated rings. The van der Waals surface area contributed by atoms with Crippen molar-refractivity contribution in [3.63, 3.8) is 0 Å². The van der Waals surface area contributed by atoms with Crippen LogP contribution in [0.5, 0.6) is 5.75 Å². The van der Waals surface area contributed by atoms with E-state index < -0.39 is 0 Å². The van der Waals surface area contributed by atoms with E-state index in [1.54, 1.807) is 0 Å². The van der Waals surface area contributed by atoms with Crippen molar-refractivity contribution in [2.75, 3.05) is 29.1 Å². The molecule has 1 saturated carbocycles. The second kappa shape index (κ2) is 9.96. The zero-order valence-corrected chi connectivity index (χ0v) is 17.1. The molecule has 0 aromatic heterocycles. The van der Waals surface area contributed by atoms with Crippen molar-refractivity contribution in [3.05, 3.63) is 48.0 Å². The van der Waals surface area contributed by atoms with Crippen LogP contribution in [0.15, 0.2) is 42.5 Å². The lowest BCUT2D eigenvalue weighted by Crippen LogP contribution is -2.22. The minimum absolute atomic E-state index is 0.0732. The van der Waals surface area contributed by atoms with Crippen LogP contribution in [0.3, 0.4) is 0 Å². The minimum Gasteiger partial charge on any atom is -0.494 e. The van der Waals surface area contributed by atoms with Gasteiger partial charge in [0.2, 0.25) is 11.8 Å². The van der Waals surface area contributed by atoms with E-state index in [9.17, 15) is 9.59 Å². The highest BCUT2D eigenvalue weighted by Crippen LogP contribution is 2.31. The van der Waals surface area contributed by atoms with Gasteiger partial charge in [0.15, 0.2) is 0 Å². The number of carbonyl (C=O) groups is 2. The maximum Gasteiger partial charge on any atom is 0.243 e. The summed E-state index contributed by atoms with van der Waals surface area (Å²) in [4.78, 5) is 24.4. The number of hydrogen-bond acceptors (Lipinski definition) is 4. The molecule has 6 nitrogen and oxygen atoms in total. The van der Waals surface area contributed by atoms with Gasteiger partial charge in [-0.2, -0.15) is 0 Å². The van der Waals surface area contributed by atoms with Gasteiger partial charge in [-0.05, 0) is 56.0 Å². The van der Waals surface area contributed by atoms with Crippen LogP contribution in [0.25, 0.3) is 0 Å². The van der Waals surface area contributed by atoms with Gasteiger partial charge in [-0.25, -0.2) is 0 Å². The molecule has 0 atom stereocenters. The van der Waals surface area contributed by atoms with Crippen LogP contribution >= 0.6 is 0 Å². The minimum atomic E-state index is -0.150. The quantitative estimate of drug-likeness (QED) is 0.515. The average Bonchev–Trinajstić information content (AvgIpc) is 3.55. The van der Waals surface area contributed by atoms with E-state index in [4.69, 9.17) is 4.74 Å². The smallest absolute Gasteiger partial charge is 0.243 e. The Bertz CT molecular complexity index is 862. The van der Waals surface area contributed by atoms with Gasteiger partial charge in [-0.3, -0.25) is 9.59 Å². The first-order valence-corrected chi connectivity index (χ1v) is 10.2. The number of hydrogen-bond donors (Lipinski definition) is 3. The molecule has 0 unspecified atom stereocenters. The van der Waals surface area contributed by atoms with E-state index in [0.717, 1.165) is 48.4 Å². The van der Waals surface area contributed by atoms with Crippen molar-refractivity contribution in [1.82, 2.24) is 0 Å². The Balaban J connectivity index is 1.53. The first kappa shape index (κ1) is 20.7. The predicted octanol–water partition coefficient (Wildman–Crippen LogP) is 4.57. The molecule has 2 amide bonds. The van der Waals surface area contributed by atoms with Gasteiger partial charge in [0, 0.05) is 29.0 Å². The Morgan fingerprint density at radius 1 is 1.07 bits per heavy atom. The Morgan fingerprint density at radius 2 is 1.83 bits per heavy atom. The Labute approximate surface area is 172 Å². The average molecular weight is 396 g/mol. The molecular weight excluding hydrogens is 366 g/mol. The second-order valence-electron chi connectivity index (χ2n) is 7.37. The molecule has 0 radical (unpaired) electrons. The summed E-state index contributed by atoms with van der Waals surface area (Å²) >= 11 is 0. The first-order chi connectivity index (χ1) is 14.1. The molecule has 1 aliphatic carbocycles. The third kappa shape index (κ3) is 6.24. The molecule has 1 aliphatic rings. The highest BCUT2D eigenvalue weighted by molar-refractivity contribution is 5.96. The monoisotopic (exact) mass is 395 g/mol. The molecule has 0 heterocycles. The van der Waals surface area contributed by atoms with E-state index in [1.165, 1.54) is 0 Å². The molecule has 0 spiro atoms. The van der Waals surface area contributed by atoms with Crippen molar-refractivity contribution in [2.24, 2.45) is 5.92 Å².